The molecule has 1 atom stereocenters. The molecule has 0 heterocycles. The third kappa shape index (κ3) is 3.71. The van der Waals surface area contributed by atoms with Gasteiger partial charge in [0, 0.05) is 22.3 Å². The third-order valence-corrected chi connectivity index (χ3v) is 3.36. The fourth-order valence-corrected chi connectivity index (χ4v) is 1.94. The van der Waals surface area contributed by atoms with Gasteiger partial charge in [0.2, 0.25) is 0 Å². The molecule has 0 saturated carbocycles. The molecular weight excluding hydrogens is 296 g/mol. The van der Waals surface area contributed by atoms with E-state index >= 15 is 0 Å². The lowest BCUT2D eigenvalue weighted by molar-refractivity contribution is 0.0871. The van der Waals surface area contributed by atoms with Crippen molar-refractivity contribution in [1.82, 2.24) is 5.32 Å². The van der Waals surface area contributed by atoms with Crippen molar-refractivity contribution < 1.29 is 9.90 Å². The molecule has 0 aromatic heterocycles. The van der Waals surface area contributed by atoms with E-state index in [4.69, 9.17) is 5.73 Å². The second-order valence-electron chi connectivity index (χ2n) is 4.69. The number of nitrogens with two attached hydrogens (primary N) is 1. The number of hydrogen-bond donors (Lipinski definition) is 3. The van der Waals surface area contributed by atoms with Gasteiger partial charge in [-0.05, 0) is 30.5 Å². The van der Waals surface area contributed by atoms with Crippen molar-refractivity contribution >= 4 is 27.5 Å². The summed E-state index contributed by atoms with van der Waals surface area (Å²) in [7, 11) is 0. The van der Waals surface area contributed by atoms with Gasteiger partial charge in [-0.25, -0.2) is 0 Å². The zero-order chi connectivity index (χ0) is 13.9. The van der Waals surface area contributed by atoms with Crippen molar-refractivity contribution in [3.63, 3.8) is 0 Å². The van der Waals surface area contributed by atoms with Crippen LogP contribution in [0.2, 0.25) is 0 Å². The minimum absolute atomic E-state index is 0.110. The minimum Gasteiger partial charge on any atom is -0.398 e. The van der Waals surface area contributed by atoms with E-state index in [-0.39, 0.29) is 18.4 Å². The van der Waals surface area contributed by atoms with Crippen LogP contribution in [0.25, 0.3) is 0 Å². The fourth-order valence-electron chi connectivity index (χ4n) is 1.46. The summed E-state index contributed by atoms with van der Waals surface area (Å²) in [5.74, 6) is -0.112. The molecule has 0 aliphatic rings. The van der Waals surface area contributed by atoms with E-state index in [1.165, 1.54) is 0 Å². The monoisotopic (exact) mass is 314 g/mol. The Balaban J connectivity index is 2.79. The van der Waals surface area contributed by atoms with Gasteiger partial charge >= 0.3 is 0 Å². The number of amides is 1. The molecule has 0 spiro atoms. The van der Waals surface area contributed by atoms with Crippen LogP contribution < -0.4 is 11.1 Å². The van der Waals surface area contributed by atoms with Crippen molar-refractivity contribution in [2.75, 3.05) is 12.3 Å². The first-order chi connectivity index (χ1) is 8.32. The number of benzene rings is 1. The molecule has 0 bridgehead atoms. The maximum Gasteiger partial charge on any atom is 0.251 e. The van der Waals surface area contributed by atoms with Gasteiger partial charge in [-0.3, -0.25) is 4.79 Å². The lowest BCUT2D eigenvalue weighted by atomic mass is 10.1. The quantitative estimate of drug-likeness (QED) is 0.745. The van der Waals surface area contributed by atoms with Crippen molar-refractivity contribution in [2.24, 2.45) is 5.92 Å². The van der Waals surface area contributed by atoms with E-state index in [1.807, 2.05) is 13.8 Å². The number of anilines is 1. The topological polar surface area (TPSA) is 75.4 Å². The average molecular weight is 315 g/mol. The van der Waals surface area contributed by atoms with E-state index in [1.54, 1.807) is 19.1 Å². The maximum atomic E-state index is 12.0. The summed E-state index contributed by atoms with van der Waals surface area (Å²) in [6.45, 7) is 5.84. The molecule has 0 saturated heterocycles. The Morgan fingerprint density at radius 1 is 1.50 bits per heavy atom. The normalized spacial score (nSPS) is 12.6. The van der Waals surface area contributed by atoms with Gasteiger partial charge in [0.1, 0.15) is 0 Å². The molecule has 0 aliphatic carbocycles. The first kappa shape index (κ1) is 15.0. The molecule has 0 radical (unpaired) electrons. The number of carbonyl (C=O) groups is 1. The number of rotatable bonds is 4. The summed E-state index contributed by atoms with van der Waals surface area (Å²) < 4.78 is 0.764. The SMILES string of the molecule is Cc1c(N)cc(Br)cc1C(=O)NCC(O)C(C)C. The number of nitrogens with one attached hydrogen (secondary N) is 1. The van der Waals surface area contributed by atoms with Crippen molar-refractivity contribution in [1.29, 1.82) is 0 Å². The molecule has 1 rings (SSSR count). The predicted octanol–water partition coefficient (Wildman–Crippen LogP) is 2.09. The van der Waals surface area contributed by atoms with Gasteiger partial charge in [-0.1, -0.05) is 29.8 Å². The first-order valence-corrected chi connectivity index (χ1v) is 6.64. The molecule has 18 heavy (non-hydrogen) atoms. The summed E-state index contributed by atoms with van der Waals surface area (Å²) >= 11 is 3.31. The van der Waals surface area contributed by atoms with Crippen molar-refractivity contribution in [2.45, 2.75) is 26.9 Å². The highest BCUT2D eigenvalue weighted by Crippen LogP contribution is 2.22. The molecule has 1 aromatic carbocycles. The van der Waals surface area contributed by atoms with Crippen LogP contribution in [0, 0.1) is 12.8 Å². The summed E-state index contributed by atoms with van der Waals surface area (Å²) in [6, 6.07) is 3.48. The van der Waals surface area contributed by atoms with Crippen LogP contribution >= 0.6 is 15.9 Å². The molecule has 0 fully saturated rings. The Kier molecular flexibility index (Phi) is 5.16. The Morgan fingerprint density at radius 2 is 2.11 bits per heavy atom. The van der Waals surface area contributed by atoms with Crippen LogP contribution in [0.4, 0.5) is 5.69 Å². The number of aliphatic hydroxyl groups excluding tert-OH is 1. The molecule has 4 N–H and O–H groups in total. The highest BCUT2D eigenvalue weighted by Gasteiger charge is 2.15. The van der Waals surface area contributed by atoms with Gasteiger partial charge in [-0.15, -0.1) is 0 Å². The predicted molar refractivity (Wildman–Crippen MR) is 76.5 cm³/mol. The molecule has 5 heteroatoms. The maximum absolute atomic E-state index is 12.0. The van der Waals surface area contributed by atoms with Crippen LogP contribution in [-0.2, 0) is 0 Å². The highest BCUT2D eigenvalue weighted by atomic mass is 79.9. The molecular formula is C13H19BrN2O2. The van der Waals surface area contributed by atoms with E-state index in [0.29, 0.717) is 11.3 Å². The second-order valence-corrected chi connectivity index (χ2v) is 5.60. The van der Waals surface area contributed by atoms with Crippen LogP contribution in [0.1, 0.15) is 29.8 Å². The largest absolute Gasteiger partial charge is 0.398 e. The van der Waals surface area contributed by atoms with Crippen LogP contribution in [-0.4, -0.2) is 23.7 Å². The number of hydrogen-bond acceptors (Lipinski definition) is 3. The van der Waals surface area contributed by atoms with Crippen molar-refractivity contribution in [3.8, 4) is 0 Å². The third-order valence-electron chi connectivity index (χ3n) is 2.90. The lowest BCUT2D eigenvalue weighted by Crippen LogP contribution is -2.35. The zero-order valence-corrected chi connectivity index (χ0v) is 12.4. The highest BCUT2D eigenvalue weighted by molar-refractivity contribution is 9.10. The second kappa shape index (κ2) is 6.20. The summed E-state index contributed by atoms with van der Waals surface area (Å²) in [5.41, 5.74) is 7.64. The average Bonchev–Trinajstić information content (AvgIpc) is 2.29. The Bertz CT molecular complexity index is 447. The number of aliphatic hydroxyl groups is 1. The summed E-state index contributed by atoms with van der Waals surface area (Å²) in [4.78, 5) is 12.0. The van der Waals surface area contributed by atoms with Crippen molar-refractivity contribution in [3.05, 3.63) is 27.7 Å². The molecule has 1 amide bonds. The number of nitrogen functional groups attached to an aromatic ring is 1. The number of carbonyl (C=O) groups excluding carboxylic acids is 1. The fraction of sp³-hybridized carbons (Fsp3) is 0.462. The minimum atomic E-state index is -0.543. The van der Waals surface area contributed by atoms with Gasteiger partial charge < -0.3 is 16.2 Å². The molecule has 100 valence electrons. The first-order valence-electron chi connectivity index (χ1n) is 5.84. The Hall–Kier alpha value is -1.07. The summed E-state index contributed by atoms with van der Waals surface area (Å²) in [6.07, 6.45) is -0.543. The summed E-state index contributed by atoms with van der Waals surface area (Å²) in [5, 5.41) is 12.4. The van der Waals surface area contributed by atoms with Gasteiger partial charge in [0.15, 0.2) is 0 Å². The van der Waals surface area contributed by atoms with Crippen LogP contribution in [0.15, 0.2) is 16.6 Å². The van der Waals surface area contributed by atoms with E-state index in [0.717, 1.165) is 10.0 Å². The van der Waals surface area contributed by atoms with Gasteiger partial charge in [-0.2, -0.15) is 0 Å². The van der Waals surface area contributed by atoms with Gasteiger partial charge in [0.25, 0.3) is 5.91 Å². The van der Waals surface area contributed by atoms with Crippen LogP contribution in [0.3, 0.4) is 0 Å². The van der Waals surface area contributed by atoms with Crippen LogP contribution in [0.5, 0.6) is 0 Å². The Labute approximate surface area is 116 Å². The molecule has 1 unspecified atom stereocenters. The van der Waals surface area contributed by atoms with E-state index in [9.17, 15) is 9.90 Å². The standard InChI is InChI=1S/C13H19BrN2O2/c1-7(2)12(17)6-16-13(18)10-4-9(14)5-11(15)8(10)3/h4-5,7,12,17H,6,15H2,1-3H3,(H,16,18). The Morgan fingerprint density at radius 3 is 2.67 bits per heavy atom. The lowest BCUT2D eigenvalue weighted by Gasteiger charge is -2.16. The van der Waals surface area contributed by atoms with E-state index < -0.39 is 6.10 Å². The smallest absolute Gasteiger partial charge is 0.251 e. The molecule has 4 nitrogen and oxygen atoms in total. The molecule has 1 aromatic rings. The zero-order valence-electron chi connectivity index (χ0n) is 10.8. The number of halogens is 1. The molecule has 0 aliphatic heterocycles. The van der Waals surface area contributed by atoms with E-state index in [2.05, 4.69) is 21.2 Å². The van der Waals surface area contributed by atoms with Gasteiger partial charge in [0.05, 0.1) is 6.10 Å².